The predicted octanol–water partition coefficient (Wildman–Crippen LogP) is 5.67. The number of benzene rings is 2. The van der Waals surface area contributed by atoms with Crippen molar-refractivity contribution in [2.45, 2.75) is 13.3 Å². The Balaban J connectivity index is 1.29. The summed E-state index contributed by atoms with van der Waals surface area (Å²) in [7, 11) is 0. The molecule has 0 aliphatic rings. The molecular formula is C22H16BrClN4O6. The molecule has 0 unspecified atom stereocenters. The SMILES string of the molecule is O=C(Nc1cnn(COc2ccc(Br)cc2)c1)c1ccc(COc2ccc([N+](=O)[O-])cc2Cl)o1. The lowest BCUT2D eigenvalue weighted by molar-refractivity contribution is -0.384. The highest BCUT2D eigenvalue weighted by atomic mass is 79.9. The van der Waals surface area contributed by atoms with Crippen molar-refractivity contribution < 1.29 is 23.6 Å². The summed E-state index contributed by atoms with van der Waals surface area (Å²) in [4.78, 5) is 22.7. The first-order valence-corrected chi connectivity index (χ1v) is 10.9. The van der Waals surface area contributed by atoms with Gasteiger partial charge in [-0.15, -0.1) is 0 Å². The average molecular weight is 548 g/mol. The van der Waals surface area contributed by atoms with Crippen LogP contribution in [0.3, 0.4) is 0 Å². The zero-order valence-corrected chi connectivity index (χ0v) is 19.7. The lowest BCUT2D eigenvalue weighted by Crippen LogP contribution is -2.10. The van der Waals surface area contributed by atoms with E-state index in [4.69, 9.17) is 25.5 Å². The Hall–Kier alpha value is -3.83. The Labute approximate surface area is 206 Å². The molecule has 34 heavy (non-hydrogen) atoms. The largest absolute Gasteiger partial charge is 0.484 e. The number of furan rings is 1. The van der Waals surface area contributed by atoms with E-state index in [1.54, 1.807) is 12.3 Å². The number of carbonyl (C=O) groups is 1. The maximum atomic E-state index is 12.5. The number of ether oxygens (including phenoxy) is 2. The van der Waals surface area contributed by atoms with E-state index in [-0.39, 0.29) is 35.6 Å². The fourth-order valence-corrected chi connectivity index (χ4v) is 3.30. The highest BCUT2D eigenvalue weighted by molar-refractivity contribution is 9.10. The molecule has 1 N–H and O–H groups in total. The standard InChI is InChI=1S/C22H16BrClN4O6/c23-14-1-4-17(5-2-14)33-13-27-11-15(10-25-27)26-22(29)21-8-6-18(34-21)12-32-20-7-3-16(28(30)31)9-19(20)24/h1-11H,12-13H2,(H,26,29). The molecule has 10 nitrogen and oxygen atoms in total. The van der Waals surface area contributed by atoms with E-state index in [9.17, 15) is 14.9 Å². The van der Waals surface area contributed by atoms with Crippen molar-refractivity contribution in [2.75, 3.05) is 5.32 Å². The summed E-state index contributed by atoms with van der Waals surface area (Å²) in [5, 5.41) is 17.7. The average Bonchev–Trinajstić information content (AvgIpc) is 3.47. The zero-order valence-electron chi connectivity index (χ0n) is 17.3. The van der Waals surface area contributed by atoms with Gasteiger partial charge in [0.2, 0.25) is 0 Å². The summed E-state index contributed by atoms with van der Waals surface area (Å²) in [5.41, 5.74) is 0.328. The fraction of sp³-hybridized carbons (Fsp3) is 0.0909. The second kappa shape index (κ2) is 10.4. The molecule has 0 aliphatic heterocycles. The van der Waals surface area contributed by atoms with Gasteiger partial charge < -0.3 is 19.2 Å². The molecule has 1 amide bonds. The molecule has 4 rings (SSSR count). The quantitative estimate of drug-likeness (QED) is 0.212. The monoisotopic (exact) mass is 546 g/mol. The van der Waals surface area contributed by atoms with Crippen molar-refractivity contribution in [1.82, 2.24) is 9.78 Å². The second-order valence-electron chi connectivity index (χ2n) is 6.88. The minimum Gasteiger partial charge on any atom is -0.484 e. The lowest BCUT2D eigenvalue weighted by atomic mass is 10.3. The van der Waals surface area contributed by atoms with E-state index in [2.05, 4.69) is 26.3 Å². The number of nitrogens with zero attached hydrogens (tertiary/aromatic N) is 3. The van der Waals surface area contributed by atoms with Crippen LogP contribution in [0.4, 0.5) is 11.4 Å². The van der Waals surface area contributed by atoms with Crippen molar-refractivity contribution in [3.05, 3.63) is 98.1 Å². The molecule has 12 heteroatoms. The molecule has 4 aromatic rings. The summed E-state index contributed by atoms with van der Waals surface area (Å²) in [6, 6.07) is 14.4. The van der Waals surface area contributed by atoms with Crippen molar-refractivity contribution in [1.29, 1.82) is 0 Å². The van der Waals surface area contributed by atoms with Gasteiger partial charge in [-0.25, -0.2) is 4.68 Å². The number of halogens is 2. The molecule has 0 atom stereocenters. The number of nitro benzene ring substituents is 1. The zero-order chi connectivity index (χ0) is 24.1. The number of aromatic nitrogens is 2. The highest BCUT2D eigenvalue weighted by Gasteiger charge is 2.15. The third kappa shape index (κ3) is 5.94. The van der Waals surface area contributed by atoms with Gasteiger partial charge in [-0.05, 0) is 42.5 Å². The number of nitro groups is 1. The maximum absolute atomic E-state index is 12.5. The predicted molar refractivity (Wildman–Crippen MR) is 126 cm³/mol. The van der Waals surface area contributed by atoms with Crippen LogP contribution in [0.5, 0.6) is 11.5 Å². The van der Waals surface area contributed by atoms with Crippen molar-refractivity contribution >= 4 is 44.8 Å². The van der Waals surface area contributed by atoms with Crippen LogP contribution < -0.4 is 14.8 Å². The van der Waals surface area contributed by atoms with Gasteiger partial charge in [-0.1, -0.05) is 27.5 Å². The Morgan fingerprint density at radius 2 is 1.97 bits per heavy atom. The number of nitrogens with one attached hydrogen (secondary N) is 1. The molecular weight excluding hydrogens is 532 g/mol. The van der Waals surface area contributed by atoms with Crippen LogP contribution in [0.2, 0.25) is 5.02 Å². The van der Waals surface area contributed by atoms with Crippen LogP contribution in [0.15, 0.2) is 75.9 Å². The van der Waals surface area contributed by atoms with Crippen LogP contribution in [-0.4, -0.2) is 20.6 Å². The summed E-state index contributed by atoms with van der Waals surface area (Å²) in [5.74, 6) is 0.926. The molecule has 0 fully saturated rings. The van der Waals surface area contributed by atoms with Crippen molar-refractivity contribution in [3.63, 3.8) is 0 Å². The van der Waals surface area contributed by atoms with E-state index >= 15 is 0 Å². The smallest absolute Gasteiger partial charge is 0.291 e. The first kappa shape index (κ1) is 23.3. The number of rotatable bonds is 9. The van der Waals surface area contributed by atoms with Gasteiger partial charge in [0.15, 0.2) is 12.5 Å². The Kier molecular flexibility index (Phi) is 7.14. The first-order chi connectivity index (χ1) is 16.4. The fourth-order valence-electron chi connectivity index (χ4n) is 2.81. The third-order valence-electron chi connectivity index (χ3n) is 4.45. The normalized spacial score (nSPS) is 10.6. The molecule has 0 bridgehead atoms. The minimum atomic E-state index is -0.549. The number of hydrogen-bond donors (Lipinski definition) is 1. The summed E-state index contributed by atoms with van der Waals surface area (Å²) < 4.78 is 19.2. The van der Waals surface area contributed by atoms with Gasteiger partial charge in [0.05, 0.1) is 28.0 Å². The van der Waals surface area contributed by atoms with Crippen LogP contribution in [0.25, 0.3) is 0 Å². The first-order valence-electron chi connectivity index (χ1n) is 9.75. The lowest BCUT2D eigenvalue weighted by Gasteiger charge is -2.06. The Morgan fingerprint density at radius 3 is 2.71 bits per heavy atom. The van der Waals surface area contributed by atoms with Gasteiger partial charge >= 0.3 is 0 Å². The summed E-state index contributed by atoms with van der Waals surface area (Å²) in [6.45, 7) is 0.154. The van der Waals surface area contributed by atoms with Gasteiger partial charge in [0.25, 0.3) is 11.6 Å². The van der Waals surface area contributed by atoms with Crippen LogP contribution in [0.1, 0.15) is 16.3 Å². The Bertz CT molecular complexity index is 1320. The van der Waals surface area contributed by atoms with E-state index in [0.29, 0.717) is 17.2 Å². The van der Waals surface area contributed by atoms with Gasteiger partial charge in [0, 0.05) is 16.6 Å². The number of amides is 1. The maximum Gasteiger partial charge on any atom is 0.291 e. The van der Waals surface area contributed by atoms with Crippen molar-refractivity contribution in [3.8, 4) is 11.5 Å². The molecule has 2 heterocycles. The number of anilines is 1. The number of non-ortho nitro benzene ring substituents is 1. The highest BCUT2D eigenvalue weighted by Crippen LogP contribution is 2.29. The van der Waals surface area contributed by atoms with Crippen LogP contribution in [0, 0.1) is 10.1 Å². The second-order valence-corrected chi connectivity index (χ2v) is 8.20. The molecule has 174 valence electrons. The molecule has 0 saturated carbocycles. The van der Waals surface area contributed by atoms with E-state index < -0.39 is 10.8 Å². The molecule has 2 aromatic carbocycles. The molecule has 0 saturated heterocycles. The van der Waals surface area contributed by atoms with E-state index in [1.165, 1.54) is 35.1 Å². The molecule has 0 spiro atoms. The van der Waals surface area contributed by atoms with E-state index in [0.717, 1.165) is 4.47 Å². The molecule has 0 aliphatic carbocycles. The topological polar surface area (TPSA) is 122 Å². The molecule has 2 aromatic heterocycles. The summed E-state index contributed by atoms with van der Waals surface area (Å²) in [6.07, 6.45) is 3.12. The van der Waals surface area contributed by atoms with Crippen molar-refractivity contribution in [2.24, 2.45) is 0 Å². The third-order valence-corrected chi connectivity index (χ3v) is 5.27. The minimum absolute atomic E-state index is 0.0177. The van der Waals surface area contributed by atoms with Gasteiger partial charge in [-0.2, -0.15) is 5.10 Å². The number of carbonyl (C=O) groups excluding carboxylic acids is 1. The van der Waals surface area contributed by atoms with Crippen LogP contribution in [-0.2, 0) is 13.3 Å². The Morgan fingerprint density at radius 1 is 1.18 bits per heavy atom. The van der Waals surface area contributed by atoms with Gasteiger partial charge in [-0.3, -0.25) is 14.9 Å². The van der Waals surface area contributed by atoms with Crippen LogP contribution >= 0.6 is 27.5 Å². The summed E-state index contributed by atoms with van der Waals surface area (Å²) >= 11 is 9.37. The van der Waals surface area contributed by atoms with Gasteiger partial charge in [0.1, 0.15) is 23.9 Å². The van der Waals surface area contributed by atoms with E-state index in [1.807, 2.05) is 24.3 Å². The molecule has 0 radical (unpaired) electrons. The number of hydrogen-bond acceptors (Lipinski definition) is 7.